The van der Waals surface area contributed by atoms with Gasteiger partial charge in [-0.3, -0.25) is 4.79 Å². The number of amides is 1. The van der Waals surface area contributed by atoms with Gasteiger partial charge in [-0.25, -0.2) is 4.99 Å². The zero-order valence-corrected chi connectivity index (χ0v) is 16.0. The van der Waals surface area contributed by atoms with Gasteiger partial charge >= 0.3 is 0 Å². The third-order valence-electron chi connectivity index (χ3n) is 3.97. The molecule has 26 heavy (non-hydrogen) atoms. The van der Waals surface area contributed by atoms with Crippen LogP contribution in [-0.4, -0.2) is 67.0 Å². The van der Waals surface area contributed by atoms with E-state index in [1.807, 2.05) is 18.7 Å². The number of aliphatic imine (C=N–C) groups is 2. The summed E-state index contributed by atoms with van der Waals surface area (Å²) in [6.07, 6.45) is 0. The Morgan fingerprint density at radius 1 is 1.15 bits per heavy atom. The first-order chi connectivity index (χ1) is 12.0. The summed E-state index contributed by atoms with van der Waals surface area (Å²) < 4.78 is 5.27. The number of rotatable bonds is 4. The smallest absolute Gasteiger partial charge is 0.253 e. The van der Waals surface area contributed by atoms with E-state index in [9.17, 15) is 4.79 Å². The Morgan fingerprint density at radius 2 is 1.73 bits per heavy atom. The first-order valence-corrected chi connectivity index (χ1v) is 8.45. The monoisotopic (exact) mass is 382 g/mol. The highest BCUT2D eigenvalue weighted by Crippen LogP contribution is 2.14. The van der Waals surface area contributed by atoms with Crippen LogP contribution >= 0.6 is 12.4 Å². The second-order valence-electron chi connectivity index (χ2n) is 5.56. The van der Waals surface area contributed by atoms with Crippen molar-refractivity contribution in [1.82, 2.24) is 9.80 Å². The Hall–Kier alpha value is -2.32. The van der Waals surface area contributed by atoms with Crippen molar-refractivity contribution in [3.05, 3.63) is 29.8 Å². The Labute approximate surface area is 160 Å². The molecule has 0 aliphatic carbocycles. The molecule has 0 unspecified atom stereocenters. The van der Waals surface area contributed by atoms with Crippen molar-refractivity contribution >= 4 is 35.9 Å². The van der Waals surface area contributed by atoms with E-state index in [0.29, 0.717) is 56.6 Å². The zero-order chi connectivity index (χ0) is 18.2. The molecule has 1 fully saturated rings. The number of ether oxygens (including phenoxy) is 1. The summed E-state index contributed by atoms with van der Waals surface area (Å²) in [5.41, 5.74) is 13.0. The molecule has 1 aliphatic heterocycles. The summed E-state index contributed by atoms with van der Waals surface area (Å²) >= 11 is 0. The molecule has 1 saturated heterocycles. The number of morpholine rings is 1. The molecule has 1 heterocycles. The number of nitrogens with zero attached hydrogens (tertiary/aromatic N) is 4. The second-order valence-corrected chi connectivity index (χ2v) is 5.56. The minimum absolute atomic E-state index is 0. The molecule has 9 heteroatoms. The molecule has 1 aromatic rings. The summed E-state index contributed by atoms with van der Waals surface area (Å²) in [5, 5.41) is 0. The quantitative estimate of drug-likeness (QED) is 0.600. The van der Waals surface area contributed by atoms with Crippen molar-refractivity contribution in [3.8, 4) is 0 Å². The summed E-state index contributed by atoms with van der Waals surface area (Å²) in [6, 6.07) is 6.96. The van der Waals surface area contributed by atoms with Gasteiger partial charge in [-0.1, -0.05) is 0 Å². The summed E-state index contributed by atoms with van der Waals surface area (Å²) in [6.45, 7) is 7.88. The third kappa shape index (κ3) is 5.89. The van der Waals surface area contributed by atoms with E-state index in [4.69, 9.17) is 16.2 Å². The van der Waals surface area contributed by atoms with Crippen LogP contribution in [0.1, 0.15) is 24.2 Å². The number of hydrogen-bond acceptors (Lipinski definition) is 3. The summed E-state index contributed by atoms with van der Waals surface area (Å²) in [5.74, 6) is 0.410. The average molecular weight is 383 g/mol. The van der Waals surface area contributed by atoms with Crippen LogP contribution < -0.4 is 11.5 Å². The maximum Gasteiger partial charge on any atom is 0.253 e. The normalized spacial score (nSPS) is 15.4. The fraction of sp³-hybridized carbons (Fsp3) is 0.471. The molecule has 0 aromatic heterocycles. The first kappa shape index (κ1) is 21.7. The molecule has 1 aromatic carbocycles. The molecule has 0 saturated carbocycles. The summed E-state index contributed by atoms with van der Waals surface area (Å²) in [7, 11) is 0. The molecule has 4 N–H and O–H groups in total. The number of hydrogen-bond donors (Lipinski definition) is 2. The van der Waals surface area contributed by atoms with E-state index in [2.05, 4.69) is 9.98 Å². The molecular weight excluding hydrogens is 356 g/mol. The molecule has 1 aliphatic rings. The Kier molecular flexibility index (Phi) is 8.87. The van der Waals surface area contributed by atoms with Crippen molar-refractivity contribution in [2.75, 3.05) is 39.4 Å². The van der Waals surface area contributed by atoms with Gasteiger partial charge in [-0.2, -0.15) is 4.99 Å². The van der Waals surface area contributed by atoms with Crippen LogP contribution in [0.5, 0.6) is 0 Å². The number of carbonyl (C=O) groups excluding carboxylic acids is 1. The first-order valence-electron chi connectivity index (χ1n) is 8.45. The highest BCUT2D eigenvalue weighted by atomic mass is 35.5. The highest BCUT2D eigenvalue weighted by molar-refractivity contribution is 5.96. The Balaban J connectivity index is 0.00000338. The van der Waals surface area contributed by atoms with Crippen LogP contribution in [0.25, 0.3) is 0 Å². The van der Waals surface area contributed by atoms with Crippen molar-refractivity contribution in [1.29, 1.82) is 0 Å². The van der Waals surface area contributed by atoms with Crippen molar-refractivity contribution in [2.45, 2.75) is 13.8 Å². The second kappa shape index (κ2) is 10.6. The third-order valence-corrected chi connectivity index (χ3v) is 3.97. The standard InChI is InChI=1S/C17H26N6O2.ClH/c1-3-22(4-2)15(24)13-5-7-14(8-6-13)20-16(18)21-17(19)23-9-11-25-12-10-23;/h5-8H,3-4,9-12H2,1-2H3,(H4,18,19,20,21);1H. The van der Waals surface area contributed by atoms with Gasteiger partial charge in [0.25, 0.3) is 5.91 Å². The number of nitrogens with two attached hydrogens (primary N) is 2. The van der Waals surface area contributed by atoms with Gasteiger partial charge in [-0.05, 0) is 38.1 Å². The maximum absolute atomic E-state index is 12.3. The lowest BCUT2D eigenvalue weighted by Gasteiger charge is -2.27. The van der Waals surface area contributed by atoms with Gasteiger partial charge in [0.2, 0.25) is 5.96 Å². The lowest BCUT2D eigenvalue weighted by atomic mass is 10.2. The van der Waals surface area contributed by atoms with Gasteiger partial charge in [0.05, 0.1) is 18.9 Å². The van der Waals surface area contributed by atoms with Crippen LogP contribution in [0.2, 0.25) is 0 Å². The highest BCUT2D eigenvalue weighted by Gasteiger charge is 2.13. The molecule has 2 rings (SSSR count). The molecule has 0 atom stereocenters. The van der Waals surface area contributed by atoms with Gasteiger partial charge in [0.1, 0.15) is 0 Å². The fourth-order valence-corrected chi connectivity index (χ4v) is 2.51. The van der Waals surface area contributed by atoms with Crippen LogP contribution in [0.15, 0.2) is 34.3 Å². The molecule has 1 amide bonds. The molecule has 0 bridgehead atoms. The number of carbonyl (C=O) groups is 1. The Morgan fingerprint density at radius 3 is 2.27 bits per heavy atom. The molecule has 0 radical (unpaired) electrons. The number of halogens is 1. The Bertz CT molecular complexity index is 637. The van der Waals surface area contributed by atoms with E-state index < -0.39 is 0 Å². The number of guanidine groups is 2. The topological polar surface area (TPSA) is 110 Å². The molecule has 8 nitrogen and oxygen atoms in total. The molecular formula is C17H27ClN6O2. The minimum Gasteiger partial charge on any atom is -0.378 e. The van der Waals surface area contributed by atoms with Crippen molar-refractivity contribution in [2.24, 2.45) is 21.5 Å². The van der Waals surface area contributed by atoms with E-state index in [0.717, 1.165) is 0 Å². The lowest BCUT2D eigenvalue weighted by Crippen LogP contribution is -2.45. The lowest BCUT2D eigenvalue weighted by molar-refractivity contribution is 0.0676. The number of benzene rings is 1. The maximum atomic E-state index is 12.3. The van der Waals surface area contributed by atoms with Crippen LogP contribution in [0.4, 0.5) is 5.69 Å². The van der Waals surface area contributed by atoms with Gasteiger partial charge in [0, 0.05) is 31.7 Å². The molecule has 0 spiro atoms. The summed E-state index contributed by atoms with van der Waals surface area (Å²) in [4.78, 5) is 24.3. The van der Waals surface area contributed by atoms with Crippen LogP contribution in [0, 0.1) is 0 Å². The average Bonchev–Trinajstić information content (AvgIpc) is 2.64. The minimum atomic E-state index is 0. The van der Waals surface area contributed by atoms with E-state index in [-0.39, 0.29) is 24.3 Å². The SMILES string of the molecule is CCN(CC)C(=O)c1ccc(N=C(N)/N=C(\N)N2CCOCC2)cc1.Cl. The zero-order valence-electron chi connectivity index (χ0n) is 15.2. The fourth-order valence-electron chi connectivity index (χ4n) is 2.51. The van der Waals surface area contributed by atoms with Crippen LogP contribution in [0.3, 0.4) is 0 Å². The van der Waals surface area contributed by atoms with E-state index >= 15 is 0 Å². The van der Waals surface area contributed by atoms with Gasteiger partial charge in [-0.15, -0.1) is 12.4 Å². The largest absolute Gasteiger partial charge is 0.378 e. The molecule has 144 valence electrons. The predicted octanol–water partition coefficient (Wildman–Crippen LogP) is 1.18. The van der Waals surface area contributed by atoms with Gasteiger partial charge < -0.3 is 26.0 Å². The van der Waals surface area contributed by atoms with Crippen molar-refractivity contribution < 1.29 is 9.53 Å². The van der Waals surface area contributed by atoms with Crippen LogP contribution in [-0.2, 0) is 4.74 Å². The van der Waals surface area contributed by atoms with E-state index in [1.165, 1.54) is 0 Å². The van der Waals surface area contributed by atoms with Crippen molar-refractivity contribution in [3.63, 3.8) is 0 Å². The predicted molar refractivity (Wildman–Crippen MR) is 106 cm³/mol. The van der Waals surface area contributed by atoms with Gasteiger partial charge in [0.15, 0.2) is 5.96 Å². The van der Waals surface area contributed by atoms with E-state index in [1.54, 1.807) is 29.2 Å².